The average Bonchev–Trinajstić information content (AvgIpc) is 2.40. The van der Waals surface area contributed by atoms with Crippen molar-refractivity contribution in [2.45, 2.75) is 39.5 Å². The van der Waals surface area contributed by atoms with E-state index >= 15 is 0 Å². The minimum atomic E-state index is -0.279. The second-order valence-corrected chi connectivity index (χ2v) is 6.29. The summed E-state index contributed by atoms with van der Waals surface area (Å²) in [4.78, 5) is 0. The Morgan fingerprint density at radius 3 is 2.65 bits per heavy atom. The first-order valence-corrected chi connectivity index (χ1v) is 8.17. The molecule has 0 amide bonds. The molecule has 0 heterocycles. The number of halogens is 2. The number of unbranched alkanes of at least 4 members (excludes halogenated alkanes) is 3. The highest BCUT2D eigenvalue weighted by atomic mass is 79.9. The standard InChI is InChI=1S/C16H25BrFNO/c1-13(2)12-19-9-5-3-4-6-10-20-14-7-8-15(17)16(18)11-14/h7-8,11,13,19H,3-6,9-10,12H2,1-2H3. The number of benzene rings is 1. The molecule has 0 aliphatic carbocycles. The zero-order valence-corrected chi connectivity index (χ0v) is 14.0. The molecule has 1 N–H and O–H groups in total. The number of nitrogens with one attached hydrogen (secondary N) is 1. The van der Waals surface area contributed by atoms with Gasteiger partial charge in [0.2, 0.25) is 0 Å². The van der Waals surface area contributed by atoms with Crippen molar-refractivity contribution >= 4 is 15.9 Å². The molecule has 20 heavy (non-hydrogen) atoms. The minimum absolute atomic E-state index is 0.279. The smallest absolute Gasteiger partial charge is 0.141 e. The first kappa shape index (κ1) is 17.4. The Kier molecular flexibility index (Phi) is 8.86. The third kappa shape index (κ3) is 7.85. The van der Waals surface area contributed by atoms with Crippen LogP contribution in [0.3, 0.4) is 0 Å². The summed E-state index contributed by atoms with van der Waals surface area (Å²) in [7, 11) is 0. The molecular weight excluding hydrogens is 321 g/mol. The molecule has 1 aromatic carbocycles. The third-order valence-electron chi connectivity index (χ3n) is 2.96. The summed E-state index contributed by atoms with van der Waals surface area (Å²) >= 11 is 3.12. The Morgan fingerprint density at radius 2 is 1.95 bits per heavy atom. The Bertz CT molecular complexity index is 385. The van der Waals surface area contributed by atoms with E-state index in [1.54, 1.807) is 12.1 Å². The summed E-state index contributed by atoms with van der Waals surface area (Å²) in [6.45, 7) is 7.28. The Labute approximate surface area is 130 Å². The predicted molar refractivity (Wildman–Crippen MR) is 85.8 cm³/mol. The van der Waals surface area contributed by atoms with E-state index in [0.29, 0.717) is 16.8 Å². The third-order valence-corrected chi connectivity index (χ3v) is 3.60. The molecule has 0 saturated heterocycles. The molecule has 0 atom stereocenters. The lowest BCUT2D eigenvalue weighted by Gasteiger charge is -2.08. The fourth-order valence-corrected chi connectivity index (χ4v) is 2.10. The van der Waals surface area contributed by atoms with Gasteiger partial charge in [-0.05, 0) is 59.9 Å². The molecule has 0 saturated carbocycles. The summed E-state index contributed by atoms with van der Waals surface area (Å²) in [6.07, 6.45) is 4.59. The molecule has 0 aliphatic rings. The normalized spacial score (nSPS) is 11.1. The van der Waals surface area contributed by atoms with Crippen LogP contribution in [0.5, 0.6) is 5.75 Å². The maximum Gasteiger partial charge on any atom is 0.141 e. The first-order valence-electron chi connectivity index (χ1n) is 7.38. The van der Waals surface area contributed by atoms with Crippen LogP contribution in [0.15, 0.2) is 22.7 Å². The molecule has 1 aromatic rings. The lowest BCUT2D eigenvalue weighted by molar-refractivity contribution is 0.303. The lowest BCUT2D eigenvalue weighted by Crippen LogP contribution is -2.20. The molecular formula is C16H25BrFNO. The van der Waals surface area contributed by atoms with Crippen LogP contribution >= 0.6 is 15.9 Å². The molecule has 0 radical (unpaired) electrons. The monoisotopic (exact) mass is 345 g/mol. The van der Waals surface area contributed by atoms with Gasteiger partial charge in [0.15, 0.2) is 0 Å². The number of rotatable bonds is 10. The highest BCUT2D eigenvalue weighted by molar-refractivity contribution is 9.10. The van der Waals surface area contributed by atoms with Crippen molar-refractivity contribution < 1.29 is 9.13 Å². The van der Waals surface area contributed by atoms with Crippen LogP contribution in [0.1, 0.15) is 39.5 Å². The fraction of sp³-hybridized carbons (Fsp3) is 0.625. The minimum Gasteiger partial charge on any atom is -0.493 e. The molecule has 0 fully saturated rings. The van der Waals surface area contributed by atoms with Gasteiger partial charge in [0.1, 0.15) is 11.6 Å². The molecule has 0 unspecified atom stereocenters. The number of ether oxygens (including phenoxy) is 1. The van der Waals surface area contributed by atoms with Crippen LogP contribution in [-0.4, -0.2) is 19.7 Å². The van der Waals surface area contributed by atoms with Gasteiger partial charge in [-0.1, -0.05) is 26.7 Å². The van der Waals surface area contributed by atoms with Crippen molar-refractivity contribution in [3.8, 4) is 5.75 Å². The van der Waals surface area contributed by atoms with Gasteiger partial charge in [0, 0.05) is 6.07 Å². The predicted octanol–water partition coefficient (Wildman–Crippen LogP) is 4.77. The molecule has 0 spiro atoms. The maximum absolute atomic E-state index is 13.3. The molecule has 0 aromatic heterocycles. The Balaban J connectivity index is 1.98. The van der Waals surface area contributed by atoms with Gasteiger partial charge in [-0.15, -0.1) is 0 Å². The molecule has 0 aliphatic heterocycles. The van der Waals surface area contributed by atoms with Gasteiger partial charge in [0.05, 0.1) is 11.1 Å². The topological polar surface area (TPSA) is 21.3 Å². The quantitative estimate of drug-likeness (QED) is 0.616. The van der Waals surface area contributed by atoms with Crippen molar-refractivity contribution in [1.29, 1.82) is 0 Å². The molecule has 2 nitrogen and oxygen atoms in total. The molecule has 4 heteroatoms. The van der Waals surface area contributed by atoms with Crippen LogP contribution in [-0.2, 0) is 0 Å². The summed E-state index contributed by atoms with van der Waals surface area (Å²) < 4.78 is 19.2. The van der Waals surface area contributed by atoms with Gasteiger partial charge < -0.3 is 10.1 Å². The van der Waals surface area contributed by atoms with Crippen LogP contribution in [0.4, 0.5) is 4.39 Å². The number of hydrogen-bond acceptors (Lipinski definition) is 2. The highest BCUT2D eigenvalue weighted by Gasteiger charge is 2.01. The largest absolute Gasteiger partial charge is 0.493 e. The van der Waals surface area contributed by atoms with Crippen LogP contribution in [0.2, 0.25) is 0 Å². The molecule has 114 valence electrons. The first-order chi connectivity index (χ1) is 9.59. The van der Waals surface area contributed by atoms with E-state index in [4.69, 9.17) is 4.74 Å². The Morgan fingerprint density at radius 1 is 1.20 bits per heavy atom. The van der Waals surface area contributed by atoms with Gasteiger partial charge in [-0.25, -0.2) is 4.39 Å². The van der Waals surface area contributed by atoms with Crippen LogP contribution in [0.25, 0.3) is 0 Å². The van der Waals surface area contributed by atoms with Crippen molar-refractivity contribution in [2.75, 3.05) is 19.7 Å². The van der Waals surface area contributed by atoms with Gasteiger partial charge in [-0.3, -0.25) is 0 Å². The number of hydrogen-bond donors (Lipinski definition) is 1. The lowest BCUT2D eigenvalue weighted by atomic mass is 10.2. The van der Waals surface area contributed by atoms with Crippen LogP contribution < -0.4 is 10.1 Å². The van der Waals surface area contributed by atoms with Crippen LogP contribution in [0, 0.1) is 11.7 Å². The summed E-state index contributed by atoms with van der Waals surface area (Å²) in [6, 6.07) is 4.87. The van der Waals surface area contributed by atoms with E-state index in [1.165, 1.54) is 18.9 Å². The second kappa shape index (κ2) is 10.2. The second-order valence-electron chi connectivity index (χ2n) is 5.44. The highest BCUT2D eigenvalue weighted by Crippen LogP contribution is 2.21. The van der Waals surface area contributed by atoms with Crippen molar-refractivity contribution in [1.82, 2.24) is 5.32 Å². The zero-order valence-electron chi connectivity index (χ0n) is 12.4. The van der Waals surface area contributed by atoms with E-state index in [0.717, 1.165) is 31.8 Å². The van der Waals surface area contributed by atoms with Crippen molar-refractivity contribution in [2.24, 2.45) is 5.92 Å². The van der Waals surface area contributed by atoms with Gasteiger partial charge in [-0.2, -0.15) is 0 Å². The Hall–Kier alpha value is -0.610. The average molecular weight is 346 g/mol. The van der Waals surface area contributed by atoms with E-state index in [1.807, 2.05) is 0 Å². The zero-order chi connectivity index (χ0) is 14.8. The van der Waals surface area contributed by atoms with Gasteiger partial charge >= 0.3 is 0 Å². The van der Waals surface area contributed by atoms with Gasteiger partial charge in [0.25, 0.3) is 0 Å². The summed E-state index contributed by atoms with van der Waals surface area (Å²) in [5.41, 5.74) is 0. The van der Waals surface area contributed by atoms with E-state index in [9.17, 15) is 4.39 Å². The molecule has 1 rings (SSSR count). The van der Waals surface area contributed by atoms with Crippen molar-refractivity contribution in [3.05, 3.63) is 28.5 Å². The van der Waals surface area contributed by atoms with Crippen molar-refractivity contribution in [3.63, 3.8) is 0 Å². The fourth-order valence-electron chi connectivity index (χ4n) is 1.85. The summed E-state index contributed by atoms with van der Waals surface area (Å²) in [5.74, 6) is 1.04. The molecule has 0 bridgehead atoms. The van der Waals surface area contributed by atoms with E-state index < -0.39 is 0 Å². The van der Waals surface area contributed by atoms with E-state index in [2.05, 4.69) is 35.1 Å². The van der Waals surface area contributed by atoms with E-state index in [-0.39, 0.29) is 5.82 Å². The SMILES string of the molecule is CC(C)CNCCCCCCOc1ccc(Br)c(F)c1. The summed E-state index contributed by atoms with van der Waals surface area (Å²) in [5, 5.41) is 3.44. The maximum atomic E-state index is 13.3.